The van der Waals surface area contributed by atoms with Crippen molar-refractivity contribution in [1.29, 1.82) is 0 Å². The van der Waals surface area contributed by atoms with Gasteiger partial charge in [0.15, 0.2) is 0 Å². The molecule has 0 aromatic carbocycles. The van der Waals surface area contributed by atoms with Gasteiger partial charge in [-0.05, 0) is 42.9 Å². The van der Waals surface area contributed by atoms with Gasteiger partial charge in [0.05, 0.1) is 0 Å². The van der Waals surface area contributed by atoms with E-state index in [1.165, 1.54) is 32.1 Å². The number of rotatable bonds is 0. The molecule has 0 saturated heterocycles. The Balaban J connectivity index is 2.16. The molecule has 0 amide bonds. The molecule has 0 aromatic heterocycles. The third-order valence-corrected chi connectivity index (χ3v) is 5.40. The number of hydrogen-bond donors (Lipinski definition) is 0. The van der Waals surface area contributed by atoms with Gasteiger partial charge in [-0.3, -0.25) is 0 Å². The van der Waals surface area contributed by atoms with Gasteiger partial charge in [0, 0.05) is 5.41 Å². The van der Waals surface area contributed by atoms with Crippen LogP contribution >= 0.6 is 0 Å². The third-order valence-electron chi connectivity index (χ3n) is 5.40. The van der Waals surface area contributed by atoms with E-state index in [9.17, 15) is 0 Å². The standard InChI is InChI=1S/C15H22/c1-13(2)6-4-5-12-11-14(3)7-9-15(12,13)10-8-14/h5,7,9H,4,6,8,10-11H2,1-3H3. The molecule has 2 unspecified atom stereocenters. The van der Waals surface area contributed by atoms with E-state index in [-0.39, 0.29) is 0 Å². The topological polar surface area (TPSA) is 0 Å². The Kier molecular flexibility index (Phi) is 1.67. The fourth-order valence-corrected chi connectivity index (χ4v) is 4.08. The van der Waals surface area contributed by atoms with Gasteiger partial charge in [-0.1, -0.05) is 44.6 Å². The molecule has 4 aliphatic rings. The third kappa shape index (κ3) is 1.08. The first-order chi connectivity index (χ1) is 6.98. The minimum Gasteiger partial charge on any atom is -0.0844 e. The summed E-state index contributed by atoms with van der Waals surface area (Å²) in [6.07, 6.45) is 14.4. The lowest BCUT2D eigenvalue weighted by atomic mass is 9.46. The van der Waals surface area contributed by atoms with Crippen LogP contribution in [0.25, 0.3) is 0 Å². The van der Waals surface area contributed by atoms with Gasteiger partial charge in [-0.25, -0.2) is 0 Å². The average Bonchev–Trinajstić information content (AvgIpc) is 2.16. The highest BCUT2D eigenvalue weighted by Gasteiger charge is 2.54. The Morgan fingerprint density at radius 1 is 1.00 bits per heavy atom. The minimum atomic E-state index is 0.434. The molecule has 2 bridgehead atoms. The van der Waals surface area contributed by atoms with Crippen LogP contribution in [0.4, 0.5) is 0 Å². The number of allylic oxidation sites excluding steroid dienone is 4. The molecule has 0 nitrogen and oxygen atoms in total. The predicted octanol–water partition coefficient (Wildman–Crippen LogP) is 4.48. The van der Waals surface area contributed by atoms with E-state index < -0.39 is 0 Å². The Morgan fingerprint density at radius 2 is 1.80 bits per heavy atom. The summed E-state index contributed by atoms with van der Waals surface area (Å²) >= 11 is 0. The van der Waals surface area contributed by atoms with Crippen LogP contribution in [0.1, 0.15) is 52.9 Å². The van der Waals surface area contributed by atoms with Crippen LogP contribution in [0.3, 0.4) is 0 Å². The summed E-state index contributed by atoms with van der Waals surface area (Å²) in [6, 6.07) is 0. The maximum atomic E-state index is 2.56. The van der Waals surface area contributed by atoms with E-state index >= 15 is 0 Å². The zero-order valence-corrected chi connectivity index (χ0v) is 10.3. The Hall–Kier alpha value is -0.520. The molecule has 0 N–H and O–H groups in total. The van der Waals surface area contributed by atoms with Gasteiger partial charge in [-0.2, -0.15) is 0 Å². The molecule has 0 aliphatic heterocycles. The van der Waals surface area contributed by atoms with E-state index in [0.717, 1.165) is 0 Å². The van der Waals surface area contributed by atoms with E-state index in [1.807, 2.05) is 0 Å². The van der Waals surface area contributed by atoms with Gasteiger partial charge >= 0.3 is 0 Å². The summed E-state index contributed by atoms with van der Waals surface area (Å²) in [4.78, 5) is 0. The van der Waals surface area contributed by atoms with Crippen LogP contribution in [-0.2, 0) is 0 Å². The van der Waals surface area contributed by atoms with Crippen LogP contribution in [0.5, 0.6) is 0 Å². The Morgan fingerprint density at radius 3 is 2.47 bits per heavy atom. The molecule has 1 spiro atoms. The second-order valence-electron chi connectivity index (χ2n) is 6.79. The van der Waals surface area contributed by atoms with Crippen molar-refractivity contribution in [1.82, 2.24) is 0 Å². The normalized spacial score (nSPS) is 46.2. The highest BCUT2D eigenvalue weighted by atomic mass is 14.6. The van der Waals surface area contributed by atoms with Crippen molar-refractivity contribution < 1.29 is 0 Å². The second kappa shape index (κ2) is 2.59. The van der Waals surface area contributed by atoms with Gasteiger partial charge in [0.2, 0.25) is 0 Å². The van der Waals surface area contributed by atoms with Crippen LogP contribution in [0.15, 0.2) is 23.8 Å². The van der Waals surface area contributed by atoms with Crippen molar-refractivity contribution in [3.05, 3.63) is 23.8 Å². The minimum absolute atomic E-state index is 0.434. The fraction of sp³-hybridized carbons (Fsp3) is 0.733. The summed E-state index contributed by atoms with van der Waals surface area (Å²) < 4.78 is 0. The predicted molar refractivity (Wildman–Crippen MR) is 64.6 cm³/mol. The van der Waals surface area contributed by atoms with Crippen molar-refractivity contribution in [2.45, 2.75) is 52.9 Å². The number of fused-ring (bicyclic) bond motifs is 1. The zero-order valence-electron chi connectivity index (χ0n) is 10.3. The van der Waals surface area contributed by atoms with E-state index in [2.05, 4.69) is 39.0 Å². The number of hydrogen-bond acceptors (Lipinski definition) is 0. The fourth-order valence-electron chi connectivity index (χ4n) is 4.08. The molecule has 1 fully saturated rings. The molecule has 0 radical (unpaired) electrons. The maximum Gasteiger partial charge on any atom is 0.0143 e. The molecule has 4 aliphatic carbocycles. The first kappa shape index (κ1) is 9.69. The van der Waals surface area contributed by atoms with Crippen molar-refractivity contribution in [2.24, 2.45) is 16.2 Å². The average molecular weight is 202 g/mol. The molecule has 4 rings (SSSR count). The van der Waals surface area contributed by atoms with Crippen molar-refractivity contribution in [3.63, 3.8) is 0 Å². The molecule has 0 aromatic rings. The molecular weight excluding hydrogens is 180 g/mol. The van der Waals surface area contributed by atoms with Gasteiger partial charge < -0.3 is 0 Å². The summed E-state index contributed by atoms with van der Waals surface area (Å²) in [7, 11) is 0. The largest absolute Gasteiger partial charge is 0.0844 e. The van der Waals surface area contributed by atoms with E-state index in [0.29, 0.717) is 16.2 Å². The lowest BCUT2D eigenvalue weighted by molar-refractivity contribution is 0.0623. The maximum absolute atomic E-state index is 2.56. The van der Waals surface area contributed by atoms with Crippen LogP contribution in [-0.4, -0.2) is 0 Å². The Bertz CT molecular complexity index is 358. The monoisotopic (exact) mass is 202 g/mol. The van der Waals surface area contributed by atoms with Gasteiger partial charge in [-0.15, -0.1) is 0 Å². The quantitative estimate of drug-likeness (QED) is 0.508. The van der Waals surface area contributed by atoms with Crippen LogP contribution < -0.4 is 0 Å². The van der Waals surface area contributed by atoms with E-state index in [4.69, 9.17) is 0 Å². The van der Waals surface area contributed by atoms with Crippen molar-refractivity contribution >= 4 is 0 Å². The van der Waals surface area contributed by atoms with Crippen molar-refractivity contribution in [3.8, 4) is 0 Å². The van der Waals surface area contributed by atoms with E-state index in [1.54, 1.807) is 5.57 Å². The molecule has 0 heterocycles. The summed E-state index contributed by atoms with van der Waals surface area (Å²) in [5, 5.41) is 0. The molecule has 0 heteroatoms. The first-order valence-corrected chi connectivity index (χ1v) is 6.38. The molecule has 1 saturated carbocycles. The summed E-state index contributed by atoms with van der Waals surface area (Å²) in [5.41, 5.74) is 3.16. The van der Waals surface area contributed by atoms with Crippen LogP contribution in [0.2, 0.25) is 0 Å². The zero-order chi connectivity index (χ0) is 10.7. The molecular formula is C15H22. The van der Waals surface area contributed by atoms with Gasteiger partial charge in [0.1, 0.15) is 0 Å². The first-order valence-electron chi connectivity index (χ1n) is 6.38. The molecule has 82 valence electrons. The highest BCUT2D eigenvalue weighted by molar-refractivity contribution is 5.38. The highest BCUT2D eigenvalue weighted by Crippen LogP contribution is 2.64. The summed E-state index contributed by atoms with van der Waals surface area (Å²) in [5.74, 6) is 0. The Labute approximate surface area is 93.5 Å². The van der Waals surface area contributed by atoms with Crippen molar-refractivity contribution in [2.75, 3.05) is 0 Å². The second-order valence-corrected chi connectivity index (χ2v) is 6.79. The van der Waals surface area contributed by atoms with Crippen LogP contribution in [0, 0.1) is 16.2 Å². The lowest BCUT2D eigenvalue weighted by Crippen LogP contribution is -2.48. The lowest BCUT2D eigenvalue weighted by Gasteiger charge is -2.58. The molecule has 15 heavy (non-hydrogen) atoms. The van der Waals surface area contributed by atoms with Gasteiger partial charge in [0.25, 0.3) is 0 Å². The molecule has 2 atom stereocenters. The summed E-state index contributed by atoms with van der Waals surface area (Å²) in [6.45, 7) is 7.37. The SMILES string of the molecule is CC12C=CC3(CC1)C(=CCCC3(C)C)C2. The smallest absolute Gasteiger partial charge is 0.0143 e.